The Morgan fingerprint density at radius 3 is 2.79 bits per heavy atom. The average Bonchev–Trinajstić information content (AvgIpc) is 2.60. The topological polar surface area (TPSA) is 64.8 Å². The summed E-state index contributed by atoms with van der Waals surface area (Å²) in [6, 6.07) is 11.2. The Morgan fingerprint density at radius 2 is 2.08 bits per heavy atom. The molecule has 0 fully saturated rings. The van der Waals surface area contributed by atoms with Crippen molar-refractivity contribution >= 4 is 11.4 Å². The van der Waals surface area contributed by atoms with E-state index in [1.54, 1.807) is 25.3 Å². The first-order valence-electron chi connectivity index (χ1n) is 7.95. The van der Waals surface area contributed by atoms with Gasteiger partial charge in [0.05, 0.1) is 18.6 Å². The molecule has 0 spiro atoms. The van der Waals surface area contributed by atoms with Crippen molar-refractivity contribution in [2.24, 2.45) is 0 Å². The van der Waals surface area contributed by atoms with Gasteiger partial charge >= 0.3 is 5.69 Å². The maximum Gasteiger partial charge on any atom is 0.333 e. The van der Waals surface area contributed by atoms with Crippen LogP contribution in [0.3, 0.4) is 0 Å². The summed E-state index contributed by atoms with van der Waals surface area (Å²) in [5, 5.41) is 11.6. The molecule has 3 rings (SSSR count). The molecule has 0 atom stereocenters. The van der Waals surface area contributed by atoms with Crippen LogP contribution in [0.4, 0.5) is 11.4 Å². The minimum atomic E-state index is -0.360. The van der Waals surface area contributed by atoms with Gasteiger partial charge in [-0.05, 0) is 48.7 Å². The Bertz CT molecular complexity index is 761. The molecule has 6 nitrogen and oxygen atoms in total. The lowest BCUT2D eigenvalue weighted by molar-refractivity contribution is -0.385. The van der Waals surface area contributed by atoms with Gasteiger partial charge in [0.25, 0.3) is 0 Å². The quantitative estimate of drug-likeness (QED) is 0.620. The van der Waals surface area contributed by atoms with E-state index in [4.69, 9.17) is 9.47 Å². The summed E-state index contributed by atoms with van der Waals surface area (Å²) in [5.41, 5.74) is 3.03. The number of para-hydroxylation sites is 1. The highest BCUT2D eigenvalue weighted by Gasteiger charge is 2.27. The highest BCUT2D eigenvalue weighted by atomic mass is 16.6. The molecule has 2 aromatic rings. The van der Waals surface area contributed by atoms with Crippen LogP contribution in [0.1, 0.15) is 18.1 Å². The molecule has 0 aromatic heterocycles. The van der Waals surface area contributed by atoms with Crippen LogP contribution in [-0.2, 0) is 13.0 Å². The van der Waals surface area contributed by atoms with E-state index in [2.05, 4.69) is 6.07 Å². The van der Waals surface area contributed by atoms with Gasteiger partial charge in [-0.3, -0.25) is 10.1 Å². The highest BCUT2D eigenvalue weighted by molar-refractivity contribution is 5.70. The van der Waals surface area contributed by atoms with Crippen molar-refractivity contribution < 1.29 is 14.4 Å². The minimum Gasteiger partial charge on any atom is -0.497 e. The third kappa shape index (κ3) is 2.99. The molecule has 0 saturated heterocycles. The van der Waals surface area contributed by atoms with Crippen LogP contribution in [0.5, 0.6) is 11.5 Å². The third-order valence-electron chi connectivity index (χ3n) is 4.23. The second kappa shape index (κ2) is 6.78. The molecule has 0 bridgehead atoms. The van der Waals surface area contributed by atoms with Gasteiger partial charge < -0.3 is 14.4 Å². The van der Waals surface area contributed by atoms with Crippen molar-refractivity contribution in [1.29, 1.82) is 0 Å². The Hall–Kier alpha value is -2.76. The van der Waals surface area contributed by atoms with Crippen LogP contribution in [0, 0.1) is 10.1 Å². The normalized spacial score (nSPS) is 13.3. The van der Waals surface area contributed by atoms with Gasteiger partial charge in [0.15, 0.2) is 5.75 Å². The van der Waals surface area contributed by atoms with E-state index in [1.807, 2.05) is 24.0 Å². The number of rotatable bonds is 5. The largest absolute Gasteiger partial charge is 0.497 e. The van der Waals surface area contributed by atoms with E-state index in [1.165, 1.54) is 5.56 Å². The van der Waals surface area contributed by atoms with Crippen molar-refractivity contribution in [3.8, 4) is 11.5 Å². The molecule has 0 saturated carbocycles. The number of ether oxygens (including phenoxy) is 2. The summed E-state index contributed by atoms with van der Waals surface area (Å²) in [6.07, 6.45) is 0.843. The monoisotopic (exact) mass is 328 g/mol. The van der Waals surface area contributed by atoms with Gasteiger partial charge in [0, 0.05) is 13.1 Å². The van der Waals surface area contributed by atoms with Crippen molar-refractivity contribution in [2.75, 3.05) is 25.2 Å². The van der Waals surface area contributed by atoms with Gasteiger partial charge in [-0.1, -0.05) is 12.1 Å². The van der Waals surface area contributed by atoms with Crippen molar-refractivity contribution in [2.45, 2.75) is 19.9 Å². The number of hydrogen-bond donors (Lipinski definition) is 0. The molecule has 126 valence electrons. The number of benzene rings is 2. The van der Waals surface area contributed by atoms with Crippen LogP contribution >= 0.6 is 0 Å². The zero-order chi connectivity index (χ0) is 17.1. The van der Waals surface area contributed by atoms with Gasteiger partial charge in [-0.15, -0.1) is 0 Å². The van der Waals surface area contributed by atoms with E-state index in [9.17, 15) is 10.1 Å². The molecule has 0 radical (unpaired) electrons. The molecule has 0 amide bonds. The van der Waals surface area contributed by atoms with Gasteiger partial charge in [-0.2, -0.15) is 0 Å². The Morgan fingerprint density at radius 1 is 1.25 bits per heavy atom. The fourth-order valence-corrected chi connectivity index (χ4v) is 3.09. The number of methoxy groups -OCH3 is 1. The molecule has 1 aliphatic heterocycles. The summed E-state index contributed by atoms with van der Waals surface area (Å²) < 4.78 is 10.7. The second-order valence-corrected chi connectivity index (χ2v) is 5.62. The summed E-state index contributed by atoms with van der Waals surface area (Å²) in [6.45, 7) is 3.56. The Kier molecular flexibility index (Phi) is 4.55. The lowest BCUT2D eigenvalue weighted by Crippen LogP contribution is -2.30. The van der Waals surface area contributed by atoms with Crippen LogP contribution < -0.4 is 14.4 Å². The predicted molar refractivity (Wildman–Crippen MR) is 92.0 cm³/mol. The SMILES string of the molecule is CCOc1cccc(N2CCc3ccc(OC)cc3C2)c1[N+](=O)[O-]. The minimum absolute atomic E-state index is 0.0331. The molecule has 6 heteroatoms. The summed E-state index contributed by atoms with van der Waals surface area (Å²) in [7, 11) is 1.64. The lowest BCUT2D eigenvalue weighted by atomic mass is 9.98. The summed E-state index contributed by atoms with van der Waals surface area (Å²) in [4.78, 5) is 13.3. The molecule has 1 heterocycles. The first-order valence-corrected chi connectivity index (χ1v) is 7.95. The van der Waals surface area contributed by atoms with Gasteiger partial charge in [0.2, 0.25) is 0 Å². The molecule has 1 aliphatic rings. The molecule has 24 heavy (non-hydrogen) atoms. The molecule has 0 unspecified atom stereocenters. The van der Waals surface area contributed by atoms with Gasteiger partial charge in [-0.25, -0.2) is 0 Å². The fraction of sp³-hybridized carbons (Fsp3) is 0.333. The first-order chi connectivity index (χ1) is 11.6. The zero-order valence-corrected chi connectivity index (χ0v) is 13.8. The average molecular weight is 328 g/mol. The molecule has 0 N–H and O–H groups in total. The van der Waals surface area contributed by atoms with E-state index >= 15 is 0 Å². The number of fused-ring (bicyclic) bond motifs is 1. The van der Waals surface area contributed by atoms with Crippen LogP contribution in [0.25, 0.3) is 0 Å². The number of anilines is 1. The van der Waals surface area contributed by atoms with Crippen LogP contribution in [0.15, 0.2) is 36.4 Å². The Labute approximate surface area is 140 Å². The third-order valence-corrected chi connectivity index (χ3v) is 4.23. The maximum atomic E-state index is 11.6. The first kappa shape index (κ1) is 16.1. The fourth-order valence-electron chi connectivity index (χ4n) is 3.09. The number of nitro groups is 1. The highest BCUT2D eigenvalue weighted by Crippen LogP contribution is 2.39. The molecule has 2 aromatic carbocycles. The number of nitro benzene ring substituents is 1. The van der Waals surface area contributed by atoms with Gasteiger partial charge in [0.1, 0.15) is 11.4 Å². The van der Waals surface area contributed by atoms with Crippen molar-refractivity contribution in [3.63, 3.8) is 0 Å². The van der Waals surface area contributed by atoms with Crippen LogP contribution in [-0.4, -0.2) is 25.2 Å². The maximum absolute atomic E-state index is 11.6. The van der Waals surface area contributed by atoms with Crippen molar-refractivity contribution in [3.05, 3.63) is 57.6 Å². The standard InChI is InChI=1S/C18H20N2O4/c1-3-24-17-6-4-5-16(18(17)20(21)22)19-10-9-13-7-8-15(23-2)11-14(13)12-19/h4-8,11H,3,9-10,12H2,1-2H3. The summed E-state index contributed by atoms with van der Waals surface area (Å²) in [5.74, 6) is 1.12. The van der Waals surface area contributed by atoms with Crippen LogP contribution in [0.2, 0.25) is 0 Å². The lowest BCUT2D eigenvalue weighted by Gasteiger charge is -2.30. The van der Waals surface area contributed by atoms with Crippen molar-refractivity contribution in [1.82, 2.24) is 0 Å². The van der Waals surface area contributed by atoms with E-state index in [0.717, 1.165) is 24.3 Å². The Balaban J connectivity index is 1.98. The molecule has 0 aliphatic carbocycles. The molecular weight excluding hydrogens is 308 g/mol. The van der Waals surface area contributed by atoms with E-state index < -0.39 is 0 Å². The number of hydrogen-bond acceptors (Lipinski definition) is 5. The zero-order valence-electron chi connectivity index (χ0n) is 13.8. The predicted octanol–water partition coefficient (Wildman–Crippen LogP) is 3.56. The van der Waals surface area contributed by atoms with E-state index in [-0.39, 0.29) is 10.6 Å². The second-order valence-electron chi connectivity index (χ2n) is 5.62. The smallest absolute Gasteiger partial charge is 0.333 e. The number of nitrogens with zero attached hydrogens (tertiary/aromatic N) is 2. The summed E-state index contributed by atoms with van der Waals surface area (Å²) >= 11 is 0. The van der Waals surface area contributed by atoms with E-state index in [0.29, 0.717) is 24.6 Å². The molecular formula is C18H20N2O4.